The van der Waals surface area contributed by atoms with Gasteiger partial charge >= 0.3 is 0 Å². The van der Waals surface area contributed by atoms with Crippen LogP contribution in [0.25, 0.3) is 5.69 Å². The van der Waals surface area contributed by atoms with Crippen molar-refractivity contribution in [3.05, 3.63) is 64.5 Å². The van der Waals surface area contributed by atoms with Crippen LogP contribution in [0.1, 0.15) is 60.7 Å². The number of rotatable bonds is 4. The number of hydrogen-bond acceptors (Lipinski definition) is 4. The summed E-state index contributed by atoms with van der Waals surface area (Å²) < 4.78 is 1.97. The fraction of sp³-hybridized carbons (Fsp3) is 0.458. The van der Waals surface area contributed by atoms with Gasteiger partial charge in [-0.1, -0.05) is 42.8 Å². The van der Waals surface area contributed by atoms with E-state index in [1.165, 1.54) is 27.9 Å². The smallest absolute Gasteiger partial charge is 0.181 e. The van der Waals surface area contributed by atoms with E-state index >= 15 is 0 Å². The number of nitrogens with zero attached hydrogens (tertiary/aromatic N) is 4. The van der Waals surface area contributed by atoms with Crippen molar-refractivity contribution >= 4 is 5.69 Å². The summed E-state index contributed by atoms with van der Waals surface area (Å²) in [5, 5.41) is 17.0. The molecule has 0 aliphatic heterocycles. The van der Waals surface area contributed by atoms with Crippen LogP contribution in [0, 0.1) is 33.6 Å². The van der Waals surface area contributed by atoms with Crippen molar-refractivity contribution in [2.24, 2.45) is 5.92 Å². The predicted octanol–water partition coefficient (Wildman–Crippen LogP) is 5.41. The molecule has 152 valence electrons. The fourth-order valence-corrected chi connectivity index (χ4v) is 4.65. The largest absolute Gasteiger partial charge is 0.372 e. The van der Waals surface area contributed by atoms with Crippen molar-refractivity contribution in [1.29, 1.82) is 0 Å². The van der Waals surface area contributed by atoms with Crippen LogP contribution in [0.5, 0.6) is 0 Å². The Morgan fingerprint density at radius 2 is 1.66 bits per heavy atom. The standard InChI is InChI=1S/C24H31N5/c1-16-11-13-24(14-12-16,25-21-10-9-17(2)15-20(21)5)23-26-27-28-29(23)22-18(3)7-6-8-19(22)4/h6-10,15-16,25H,11-14H2,1-5H3. The van der Waals surface area contributed by atoms with Gasteiger partial charge in [-0.05, 0) is 92.5 Å². The first-order chi connectivity index (χ1) is 13.9. The summed E-state index contributed by atoms with van der Waals surface area (Å²) >= 11 is 0. The number of nitrogens with one attached hydrogen (secondary N) is 1. The van der Waals surface area contributed by atoms with E-state index in [-0.39, 0.29) is 5.54 Å². The minimum absolute atomic E-state index is 0.273. The van der Waals surface area contributed by atoms with Gasteiger partial charge in [-0.15, -0.1) is 5.10 Å². The Bertz CT molecular complexity index is 992. The maximum absolute atomic E-state index is 4.58. The van der Waals surface area contributed by atoms with Crippen LogP contribution < -0.4 is 5.32 Å². The zero-order chi connectivity index (χ0) is 20.6. The molecule has 5 nitrogen and oxygen atoms in total. The lowest BCUT2D eigenvalue weighted by Gasteiger charge is -2.40. The molecule has 0 atom stereocenters. The minimum Gasteiger partial charge on any atom is -0.372 e. The topological polar surface area (TPSA) is 55.6 Å². The van der Waals surface area contributed by atoms with Gasteiger partial charge in [-0.25, -0.2) is 0 Å². The maximum atomic E-state index is 4.58. The van der Waals surface area contributed by atoms with Crippen LogP contribution in [-0.4, -0.2) is 20.2 Å². The molecular weight excluding hydrogens is 358 g/mol. The SMILES string of the molecule is Cc1ccc(NC2(c3nnnn3-c3c(C)cccc3C)CCC(C)CC2)c(C)c1. The summed E-state index contributed by atoms with van der Waals surface area (Å²) in [5.41, 5.74) is 6.89. The molecule has 1 aromatic heterocycles. The molecular formula is C24H31N5. The molecule has 1 aliphatic carbocycles. The van der Waals surface area contributed by atoms with Gasteiger partial charge in [0.25, 0.3) is 0 Å². The molecule has 29 heavy (non-hydrogen) atoms. The zero-order valence-corrected chi connectivity index (χ0v) is 18.2. The molecule has 0 saturated heterocycles. The van der Waals surface area contributed by atoms with E-state index in [1.807, 2.05) is 4.68 Å². The van der Waals surface area contributed by atoms with Gasteiger partial charge in [0, 0.05) is 5.69 Å². The monoisotopic (exact) mass is 389 g/mol. The second-order valence-corrected chi connectivity index (χ2v) is 8.86. The maximum Gasteiger partial charge on any atom is 0.181 e. The Hall–Kier alpha value is -2.69. The first-order valence-electron chi connectivity index (χ1n) is 10.6. The van der Waals surface area contributed by atoms with Crippen LogP contribution in [-0.2, 0) is 5.54 Å². The highest BCUT2D eigenvalue weighted by molar-refractivity contribution is 5.55. The van der Waals surface area contributed by atoms with Crippen LogP contribution in [0.15, 0.2) is 36.4 Å². The Morgan fingerprint density at radius 1 is 0.966 bits per heavy atom. The van der Waals surface area contributed by atoms with Crippen molar-refractivity contribution in [3.63, 3.8) is 0 Å². The number of para-hydroxylation sites is 1. The molecule has 4 rings (SSSR count). The first kappa shape index (κ1) is 19.6. The van der Waals surface area contributed by atoms with Crippen molar-refractivity contribution in [3.8, 4) is 5.69 Å². The van der Waals surface area contributed by atoms with E-state index < -0.39 is 0 Å². The molecule has 5 heteroatoms. The van der Waals surface area contributed by atoms with E-state index in [0.717, 1.165) is 43.1 Å². The third-order valence-corrected chi connectivity index (χ3v) is 6.43. The molecule has 1 heterocycles. The third-order valence-electron chi connectivity index (χ3n) is 6.43. The summed E-state index contributed by atoms with van der Waals surface area (Å²) in [5.74, 6) is 1.65. The Labute approximate surface area is 173 Å². The summed E-state index contributed by atoms with van der Waals surface area (Å²) in [6.45, 7) is 10.9. The molecule has 0 radical (unpaired) electrons. The quantitative estimate of drug-likeness (QED) is 0.648. The number of aryl methyl sites for hydroxylation is 4. The van der Waals surface area contributed by atoms with Gasteiger partial charge in [0.2, 0.25) is 0 Å². The average Bonchev–Trinajstić information content (AvgIpc) is 3.16. The van der Waals surface area contributed by atoms with Crippen molar-refractivity contribution in [2.45, 2.75) is 65.8 Å². The summed E-state index contributed by atoms with van der Waals surface area (Å²) in [7, 11) is 0. The second kappa shape index (κ2) is 7.62. The summed E-state index contributed by atoms with van der Waals surface area (Å²) in [6, 6.07) is 12.9. The highest BCUT2D eigenvalue weighted by Gasteiger charge is 2.41. The van der Waals surface area contributed by atoms with Crippen LogP contribution in [0.4, 0.5) is 5.69 Å². The summed E-state index contributed by atoms with van der Waals surface area (Å²) in [6.07, 6.45) is 4.37. The van der Waals surface area contributed by atoms with Crippen LogP contribution in [0.3, 0.4) is 0 Å². The predicted molar refractivity (Wildman–Crippen MR) is 117 cm³/mol. The molecule has 1 saturated carbocycles. The lowest BCUT2D eigenvalue weighted by atomic mass is 9.76. The van der Waals surface area contributed by atoms with Crippen molar-refractivity contribution in [2.75, 3.05) is 5.32 Å². The van der Waals surface area contributed by atoms with Crippen molar-refractivity contribution < 1.29 is 0 Å². The van der Waals surface area contributed by atoms with Gasteiger partial charge < -0.3 is 5.32 Å². The number of hydrogen-bond donors (Lipinski definition) is 1. The van der Waals surface area contributed by atoms with Crippen LogP contribution in [0.2, 0.25) is 0 Å². The van der Waals surface area contributed by atoms with Crippen molar-refractivity contribution in [1.82, 2.24) is 20.2 Å². The van der Waals surface area contributed by atoms with E-state index in [9.17, 15) is 0 Å². The van der Waals surface area contributed by atoms with Gasteiger partial charge in [0.05, 0.1) is 11.2 Å². The van der Waals surface area contributed by atoms with Gasteiger partial charge in [0.1, 0.15) is 0 Å². The molecule has 1 aliphatic rings. The lowest BCUT2D eigenvalue weighted by Crippen LogP contribution is -2.42. The van der Waals surface area contributed by atoms with E-state index in [4.69, 9.17) is 0 Å². The summed E-state index contributed by atoms with van der Waals surface area (Å²) in [4.78, 5) is 0. The Morgan fingerprint density at radius 3 is 2.31 bits per heavy atom. The average molecular weight is 390 g/mol. The van der Waals surface area contributed by atoms with Gasteiger partial charge in [0.15, 0.2) is 5.82 Å². The lowest BCUT2D eigenvalue weighted by molar-refractivity contribution is 0.255. The number of tetrazole rings is 1. The van der Waals surface area contributed by atoms with E-state index in [2.05, 4.69) is 91.9 Å². The molecule has 0 unspecified atom stereocenters. The second-order valence-electron chi connectivity index (χ2n) is 8.86. The van der Waals surface area contributed by atoms with E-state index in [1.54, 1.807) is 0 Å². The normalized spacial score (nSPS) is 21.9. The fourth-order valence-electron chi connectivity index (χ4n) is 4.65. The molecule has 2 aromatic carbocycles. The molecule has 0 bridgehead atoms. The zero-order valence-electron chi connectivity index (χ0n) is 18.2. The highest BCUT2D eigenvalue weighted by Crippen LogP contribution is 2.42. The molecule has 3 aromatic rings. The number of benzene rings is 2. The van der Waals surface area contributed by atoms with Crippen LogP contribution >= 0.6 is 0 Å². The highest BCUT2D eigenvalue weighted by atomic mass is 15.6. The molecule has 0 amide bonds. The Kier molecular flexibility index (Phi) is 5.15. The Balaban J connectivity index is 1.83. The molecule has 0 spiro atoms. The van der Waals surface area contributed by atoms with Gasteiger partial charge in [-0.3, -0.25) is 0 Å². The van der Waals surface area contributed by atoms with E-state index in [0.29, 0.717) is 0 Å². The molecule has 1 N–H and O–H groups in total. The third kappa shape index (κ3) is 3.66. The van der Waals surface area contributed by atoms with Gasteiger partial charge in [-0.2, -0.15) is 4.68 Å². The first-order valence-corrected chi connectivity index (χ1v) is 10.6. The molecule has 1 fully saturated rings. The number of anilines is 1. The number of aromatic nitrogens is 4. The minimum atomic E-state index is -0.273.